The lowest BCUT2D eigenvalue weighted by Gasteiger charge is -2.16. The number of hydrogen-bond donors (Lipinski definition) is 1. The van der Waals surface area contributed by atoms with Gasteiger partial charge in [-0.25, -0.2) is 4.98 Å². The first kappa shape index (κ1) is 19.7. The zero-order valence-corrected chi connectivity index (χ0v) is 16.7. The van der Waals surface area contributed by atoms with E-state index < -0.39 is 0 Å². The van der Waals surface area contributed by atoms with E-state index in [-0.39, 0.29) is 17.2 Å². The molecule has 1 heterocycles. The molecule has 0 fully saturated rings. The number of nitrogens with zero attached hydrogens (tertiary/aromatic N) is 2. The molecule has 5 nitrogen and oxygen atoms in total. The molecular weight excluding hydrogens is 358 g/mol. The van der Waals surface area contributed by atoms with Crippen molar-refractivity contribution >= 4 is 28.6 Å². The topological polar surface area (TPSA) is 64.0 Å². The minimum atomic E-state index is -0.0224. The molecule has 0 saturated heterocycles. The standard InChI is InChI=1S/C21H27N3O2S/c1-2-13-22-19(25)15-27-21-23-18-11-7-6-10-17(18)20(26)24(21)14-12-16-8-4-3-5-9-16/h6-8,10-11H,2-5,9,12-15H2,1H3,(H,22,25). The third kappa shape index (κ3) is 5.22. The average molecular weight is 386 g/mol. The van der Waals surface area contributed by atoms with Crippen LogP contribution in [0, 0.1) is 0 Å². The fourth-order valence-electron chi connectivity index (χ4n) is 3.29. The number of aromatic nitrogens is 2. The van der Waals surface area contributed by atoms with Gasteiger partial charge in [0.25, 0.3) is 5.56 Å². The molecule has 3 rings (SSSR count). The van der Waals surface area contributed by atoms with E-state index in [1.54, 1.807) is 4.57 Å². The number of benzene rings is 1. The van der Waals surface area contributed by atoms with E-state index in [2.05, 4.69) is 16.4 Å². The van der Waals surface area contributed by atoms with Gasteiger partial charge >= 0.3 is 0 Å². The zero-order valence-electron chi connectivity index (χ0n) is 15.9. The number of para-hydroxylation sites is 1. The summed E-state index contributed by atoms with van der Waals surface area (Å²) in [6.07, 6.45) is 8.84. The number of thioether (sulfide) groups is 1. The molecule has 0 radical (unpaired) electrons. The van der Waals surface area contributed by atoms with Crippen molar-refractivity contribution in [1.82, 2.24) is 14.9 Å². The lowest BCUT2D eigenvalue weighted by Crippen LogP contribution is -2.27. The smallest absolute Gasteiger partial charge is 0.262 e. The van der Waals surface area contributed by atoms with Crippen molar-refractivity contribution in [3.8, 4) is 0 Å². The van der Waals surface area contributed by atoms with Crippen molar-refractivity contribution in [3.63, 3.8) is 0 Å². The van der Waals surface area contributed by atoms with Crippen LogP contribution in [0.3, 0.4) is 0 Å². The Morgan fingerprint density at radius 2 is 2.15 bits per heavy atom. The van der Waals surface area contributed by atoms with Gasteiger partial charge in [-0.3, -0.25) is 14.2 Å². The van der Waals surface area contributed by atoms with Crippen molar-refractivity contribution in [3.05, 3.63) is 46.3 Å². The minimum Gasteiger partial charge on any atom is -0.355 e. The van der Waals surface area contributed by atoms with Crippen LogP contribution in [0.4, 0.5) is 0 Å². The van der Waals surface area contributed by atoms with Crippen molar-refractivity contribution in [2.75, 3.05) is 12.3 Å². The molecule has 0 unspecified atom stereocenters. The highest BCUT2D eigenvalue weighted by atomic mass is 32.2. The van der Waals surface area contributed by atoms with Crippen LogP contribution in [0.15, 0.2) is 45.9 Å². The highest BCUT2D eigenvalue weighted by Crippen LogP contribution is 2.22. The Hall–Kier alpha value is -2.08. The monoisotopic (exact) mass is 385 g/mol. The van der Waals surface area contributed by atoms with Crippen LogP contribution in [-0.2, 0) is 11.3 Å². The van der Waals surface area contributed by atoms with Crippen LogP contribution in [-0.4, -0.2) is 27.8 Å². The van der Waals surface area contributed by atoms with Crippen LogP contribution in [0.1, 0.15) is 45.4 Å². The Morgan fingerprint density at radius 3 is 2.93 bits per heavy atom. The molecule has 0 aliphatic heterocycles. The number of carbonyl (C=O) groups excluding carboxylic acids is 1. The number of fused-ring (bicyclic) bond motifs is 1. The SMILES string of the molecule is CCCNC(=O)CSc1nc2ccccc2c(=O)n1CCC1=CCCCC1. The predicted molar refractivity (Wildman–Crippen MR) is 111 cm³/mol. The van der Waals surface area contributed by atoms with Gasteiger partial charge in [0, 0.05) is 13.1 Å². The highest BCUT2D eigenvalue weighted by molar-refractivity contribution is 7.99. The Kier molecular flexibility index (Phi) is 7.10. The van der Waals surface area contributed by atoms with E-state index in [1.165, 1.54) is 30.2 Å². The van der Waals surface area contributed by atoms with Crippen molar-refractivity contribution in [2.45, 2.75) is 57.1 Å². The maximum atomic E-state index is 13.0. The van der Waals surface area contributed by atoms with Gasteiger partial charge in [0.1, 0.15) is 0 Å². The molecule has 2 aromatic rings. The molecule has 0 saturated carbocycles. The molecule has 0 bridgehead atoms. The first-order valence-corrected chi connectivity index (χ1v) is 10.7. The van der Waals surface area contributed by atoms with Crippen molar-refractivity contribution in [1.29, 1.82) is 0 Å². The van der Waals surface area contributed by atoms with Crippen LogP contribution >= 0.6 is 11.8 Å². The summed E-state index contributed by atoms with van der Waals surface area (Å²) in [4.78, 5) is 29.7. The molecule has 0 spiro atoms. The third-order valence-electron chi connectivity index (χ3n) is 4.77. The van der Waals surface area contributed by atoms with Crippen LogP contribution < -0.4 is 10.9 Å². The van der Waals surface area contributed by atoms with Crippen LogP contribution in [0.5, 0.6) is 0 Å². The van der Waals surface area contributed by atoms with Gasteiger partial charge in [0.05, 0.1) is 16.7 Å². The molecule has 1 amide bonds. The summed E-state index contributed by atoms with van der Waals surface area (Å²) >= 11 is 1.34. The molecular formula is C21H27N3O2S. The lowest BCUT2D eigenvalue weighted by molar-refractivity contribution is -0.118. The normalized spacial score (nSPS) is 14.2. The summed E-state index contributed by atoms with van der Waals surface area (Å²) in [5.41, 5.74) is 2.10. The Balaban J connectivity index is 1.83. The van der Waals surface area contributed by atoms with Crippen LogP contribution in [0.25, 0.3) is 10.9 Å². The zero-order chi connectivity index (χ0) is 19.1. The molecule has 1 aromatic heterocycles. The minimum absolute atomic E-state index is 0.0199. The molecule has 0 atom stereocenters. The lowest BCUT2D eigenvalue weighted by atomic mass is 9.97. The second-order valence-corrected chi connectivity index (χ2v) is 7.81. The van der Waals surface area contributed by atoms with E-state index in [1.807, 2.05) is 31.2 Å². The quantitative estimate of drug-likeness (QED) is 0.425. The van der Waals surface area contributed by atoms with Gasteiger partial charge in [-0.15, -0.1) is 0 Å². The van der Waals surface area contributed by atoms with Gasteiger partial charge in [0.15, 0.2) is 5.16 Å². The van der Waals surface area contributed by atoms with Gasteiger partial charge < -0.3 is 5.32 Å². The van der Waals surface area contributed by atoms with Crippen LogP contribution in [0.2, 0.25) is 0 Å². The first-order valence-electron chi connectivity index (χ1n) is 9.76. The molecule has 1 aromatic carbocycles. The summed E-state index contributed by atoms with van der Waals surface area (Å²) in [6.45, 7) is 3.31. The summed E-state index contributed by atoms with van der Waals surface area (Å²) < 4.78 is 1.75. The Morgan fingerprint density at radius 1 is 1.30 bits per heavy atom. The predicted octanol–water partition coefficient (Wildman–Crippen LogP) is 3.91. The molecule has 1 aliphatic rings. The molecule has 1 aliphatic carbocycles. The van der Waals surface area contributed by atoms with Gasteiger partial charge in [-0.1, -0.05) is 42.5 Å². The van der Waals surface area contributed by atoms with E-state index in [4.69, 9.17) is 0 Å². The summed E-state index contributed by atoms with van der Waals surface area (Å²) in [5, 5.41) is 4.13. The second kappa shape index (κ2) is 9.74. The van der Waals surface area contributed by atoms with E-state index in [0.717, 1.165) is 25.7 Å². The van der Waals surface area contributed by atoms with E-state index >= 15 is 0 Å². The number of hydrogen-bond acceptors (Lipinski definition) is 4. The molecule has 144 valence electrons. The summed E-state index contributed by atoms with van der Waals surface area (Å²) in [5.74, 6) is 0.249. The number of carbonyl (C=O) groups is 1. The Bertz CT molecular complexity index is 889. The van der Waals surface area contributed by atoms with E-state index in [9.17, 15) is 9.59 Å². The van der Waals surface area contributed by atoms with Crippen molar-refractivity contribution < 1.29 is 4.79 Å². The fourth-order valence-corrected chi connectivity index (χ4v) is 4.14. The van der Waals surface area contributed by atoms with Gasteiger partial charge in [-0.05, 0) is 50.7 Å². The second-order valence-electron chi connectivity index (χ2n) is 6.87. The number of nitrogens with one attached hydrogen (secondary N) is 1. The number of amides is 1. The largest absolute Gasteiger partial charge is 0.355 e. The number of rotatable bonds is 8. The average Bonchev–Trinajstić information content (AvgIpc) is 2.71. The maximum absolute atomic E-state index is 13.0. The summed E-state index contributed by atoms with van der Waals surface area (Å²) in [7, 11) is 0. The van der Waals surface area contributed by atoms with Crippen molar-refractivity contribution in [2.24, 2.45) is 0 Å². The molecule has 6 heteroatoms. The number of allylic oxidation sites excluding steroid dienone is 2. The summed E-state index contributed by atoms with van der Waals surface area (Å²) in [6, 6.07) is 7.42. The van der Waals surface area contributed by atoms with E-state index in [0.29, 0.717) is 29.1 Å². The first-order chi connectivity index (χ1) is 13.2. The van der Waals surface area contributed by atoms with Gasteiger partial charge in [0.2, 0.25) is 5.91 Å². The van der Waals surface area contributed by atoms with Gasteiger partial charge in [-0.2, -0.15) is 0 Å². The fraction of sp³-hybridized carbons (Fsp3) is 0.476. The Labute approximate surface area is 164 Å². The highest BCUT2D eigenvalue weighted by Gasteiger charge is 2.14. The maximum Gasteiger partial charge on any atom is 0.262 e. The molecule has 1 N–H and O–H groups in total. The third-order valence-corrected chi connectivity index (χ3v) is 5.75. The molecule has 27 heavy (non-hydrogen) atoms.